The summed E-state index contributed by atoms with van der Waals surface area (Å²) in [4.78, 5) is 22.8. The maximum Gasteiger partial charge on any atom is 0.316 e. The van der Waals surface area contributed by atoms with Gasteiger partial charge in [0, 0.05) is 17.7 Å². The molecule has 1 aliphatic rings. The van der Waals surface area contributed by atoms with E-state index in [1.807, 2.05) is 36.4 Å². The summed E-state index contributed by atoms with van der Waals surface area (Å²) in [6.45, 7) is 0.726. The first kappa shape index (κ1) is 22.6. The summed E-state index contributed by atoms with van der Waals surface area (Å²) >= 11 is 0. The molecule has 0 unspecified atom stereocenters. The van der Waals surface area contributed by atoms with Crippen molar-refractivity contribution in [3.8, 4) is 16.9 Å². The highest BCUT2D eigenvalue weighted by Gasteiger charge is 2.17. The van der Waals surface area contributed by atoms with Gasteiger partial charge in [0.25, 0.3) is 0 Å². The fourth-order valence-corrected chi connectivity index (χ4v) is 4.45. The number of nitrogens with one attached hydrogen (secondary N) is 1. The zero-order valence-electron chi connectivity index (χ0n) is 18.9. The second kappa shape index (κ2) is 10.4. The van der Waals surface area contributed by atoms with Crippen molar-refractivity contribution in [2.75, 3.05) is 19.0 Å². The van der Waals surface area contributed by atoms with Crippen LogP contribution < -0.4 is 15.8 Å². The van der Waals surface area contributed by atoms with E-state index in [1.165, 1.54) is 32.8 Å². The van der Waals surface area contributed by atoms with Crippen LogP contribution in [0.15, 0.2) is 54.6 Å². The molecular weight excluding hydrogens is 416 g/mol. The molecule has 0 heterocycles. The molecule has 1 fully saturated rings. The molecule has 2 amide bonds. The predicted molar refractivity (Wildman–Crippen MR) is 130 cm³/mol. The summed E-state index contributed by atoms with van der Waals surface area (Å²) in [5.41, 5.74) is 9.00. The van der Waals surface area contributed by atoms with E-state index in [0.29, 0.717) is 24.4 Å². The van der Waals surface area contributed by atoms with Crippen molar-refractivity contribution in [1.29, 1.82) is 0 Å². The van der Waals surface area contributed by atoms with E-state index in [0.717, 1.165) is 39.8 Å². The van der Waals surface area contributed by atoms with Gasteiger partial charge in [-0.1, -0.05) is 37.1 Å². The van der Waals surface area contributed by atoms with Gasteiger partial charge in [0.05, 0.1) is 13.7 Å². The molecule has 0 aliphatic heterocycles. The maximum absolute atomic E-state index is 11.6. The lowest BCUT2D eigenvalue weighted by molar-refractivity contribution is -0.140. The Morgan fingerprint density at radius 2 is 1.76 bits per heavy atom. The van der Waals surface area contributed by atoms with Gasteiger partial charge in [-0.2, -0.15) is 0 Å². The first-order chi connectivity index (χ1) is 16.0. The first-order valence-electron chi connectivity index (χ1n) is 11.4. The smallest absolute Gasteiger partial charge is 0.316 e. The number of benzene rings is 3. The monoisotopic (exact) mass is 446 g/mol. The molecule has 1 aliphatic carbocycles. The fourth-order valence-electron chi connectivity index (χ4n) is 4.45. The summed E-state index contributed by atoms with van der Waals surface area (Å²) in [5.74, 6) is 1.25. The number of esters is 1. The van der Waals surface area contributed by atoms with Crippen molar-refractivity contribution in [3.05, 3.63) is 60.2 Å². The number of rotatable bonds is 8. The Hall–Kier alpha value is -3.54. The van der Waals surface area contributed by atoms with E-state index < -0.39 is 6.03 Å². The largest absolute Gasteiger partial charge is 0.493 e. The molecular formula is C27H30N2O4. The molecule has 0 bridgehead atoms. The normalized spacial score (nSPS) is 13.7. The Labute approximate surface area is 194 Å². The van der Waals surface area contributed by atoms with Gasteiger partial charge < -0.3 is 20.5 Å². The topological polar surface area (TPSA) is 90.7 Å². The number of primary amides is 1. The lowest BCUT2D eigenvalue weighted by atomic mass is 9.97. The van der Waals surface area contributed by atoms with Gasteiger partial charge in [-0.15, -0.1) is 0 Å². The highest BCUT2D eigenvalue weighted by atomic mass is 16.5. The molecule has 0 radical (unpaired) electrons. The standard InChI is InChI=1S/C27H30N2O4/c1-32-26(30)13-7-18-6-12-25(33-17-19-4-2-3-5-19)24(14-18)22-9-8-21-16-23(29-27(28)31)11-10-20(21)15-22/h6,8-12,14-16,19H,2-5,7,13,17H2,1H3,(H3,28,29,31). The van der Waals surface area contributed by atoms with E-state index in [4.69, 9.17) is 15.2 Å². The summed E-state index contributed by atoms with van der Waals surface area (Å²) < 4.78 is 11.1. The van der Waals surface area contributed by atoms with Crippen LogP contribution in [0.2, 0.25) is 0 Å². The zero-order valence-corrected chi connectivity index (χ0v) is 18.9. The average Bonchev–Trinajstić information content (AvgIpc) is 3.34. The molecule has 6 nitrogen and oxygen atoms in total. The van der Waals surface area contributed by atoms with E-state index in [1.54, 1.807) is 0 Å². The Morgan fingerprint density at radius 3 is 2.52 bits per heavy atom. The molecule has 6 heteroatoms. The Kier molecular flexibility index (Phi) is 7.13. The van der Waals surface area contributed by atoms with E-state index in [9.17, 15) is 9.59 Å². The van der Waals surface area contributed by atoms with Crippen LogP contribution in [0.5, 0.6) is 5.75 Å². The second-order valence-electron chi connectivity index (χ2n) is 8.63. The van der Waals surface area contributed by atoms with Crippen LogP contribution in [-0.2, 0) is 16.0 Å². The van der Waals surface area contributed by atoms with Crippen molar-refractivity contribution in [3.63, 3.8) is 0 Å². The molecule has 0 aromatic heterocycles. The number of fused-ring (bicyclic) bond motifs is 1. The van der Waals surface area contributed by atoms with E-state index in [2.05, 4.69) is 23.5 Å². The number of carbonyl (C=O) groups is 2. The van der Waals surface area contributed by atoms with Gasteiger partial charge in [0.2, 0.25) is 0 Å². The van der Waals surface area contributed by atoms with Crippen LogP contribution in [0, 0.1) is 5.92 Å². The van der Waals surface area contributed by atoms with Crippen molar-refractivity contribution in [2.24, 2.45) is 11.7 Å². The van der Waals surface area contributed by atoms with E-state index in [-0.39, 0.29) is 5.97 Å². The number of hydrogen-bond acceptors (Lipinski definition) is 4. The Morgan fingerprint density at radius 1 is 1.00 bits per heavy atom. The maximum atomic E-state index is 11.6. The minimum atomic E-state index is -0.584. The highest BCUT2D eigenvalue weighted by Crippen LogP contribution is 2.35. The number of ether oxygens (including phenoxy) is 2. The molecule has 4 rings (SSSR count). The Bertz CT molecular complexity index is 1150. The van der Waals surface area contributed by atoms with Gasteiger partial charge >= 0.3 is 12.0 Å². The third kappa shape index (κ3) is 5.83. The number of urea groups is 1. The molecule has 0 spiro atoms. The SMILES string of the molecule is COC(=O)CCc1ccc(OCC2CCCC2)c(-c2ccc3cc(NC(N)=O)ccc3c2)c1. The van der Waals surface area contributed by atoms with Crippen LogP contribution in [0.3, 0.4) is 0 Å². The number of aryl methyl sites for hydroxylation is 1. The van der Waals surface area contributed by atoms with E-state index >= 15 is 0 Å². The van der Waals surface area contributed by atoms with Gasteiger partial charge in [0.1, 0.15) is 5.75 Å². The van der Waals surface area contributed by atoms with Crippen LogP contribution in [-0.4, -0.2) is 25.7 Å². The number of hydrogen-bond donors (Lipinski definition) is 2. The van der Waals surface area contributed by atoms with Crippen LogP contribution in [0.1, 0.15) is 37.7 Å². The van der Waals surface area contributed by atoms with Gasteiger partial charge in [-0.3, -0.25) is 4.79 Å². The third-order valence-electron chi connectivity index (χ3n) is 6.26. The summed E-state index contributed by atoms with van der Waals surface area (Å²) in [5, 5.41) is 4.66. The minimum absolute atomic E-state index is 0.218. The number of nitrogens with two attached hydrogens (primary N) is 1. The number of carbonyl (C=O) groups excluding carboxylic acids is 2. The second-order valence-corrected chi connectivity index (χ2v) is 8.63. The number of anilines is 1. The van der Waals surface area contributed by atoms with Crippen molar-refractivity contribution < 1.29 is 19.1 Å². The molecule has 33 heavy (non-hydrogen) atoms. The lowest BCUT2D eigenvalue weighted by Gasteiger charge is -2.17. The van der Waals surface area contributed by atoms with Gasteiger partial charge in [-0.05, 0) is 77.4 Å². The van der Waals surface area contributed by atoms with Crippen molar-refractivity contribution in [1.82, 2.24) is 0 Å². The minimum Gasteiger partial charge on any atom is -0.493 e. The molecule has 1 saturated carbocycles. The van der Waals surface area contributed by atoms with Crippen LogP contribution in [0.4, 0.5) is 10.5 Å². The van der Waals surface area contributed by atoms with Gasteiger partial charge in [0.15, 0.2) is 0 Å². The fraction of sp³-hybridized carbons (Fsp3) is 0.333. The van der Waals surface area contributed by atoms with Crippen LogP contribution in [0.25, 0.3) is 21.9 Å². The van der Waals surface area contributed by atoms with Crippen molar-refractivity contribution >= 4 is 28.5 Å². The summed E-state index contributed by atoms with van der Waals surface area (Å²) in [6.07, 6.45) is 5.97. The highest BCUT2D eigenvalue weighted by molar-refractivity contribution is 5.94. The van der Waals surface area contributed by atoms with Gasteiger partial charge in [-0.25, -0.2) is 4.79 Å². The quantitative estimate of drug-likeness (QED) is 0.436. The Balaban J connectivity index is 1.64. The third-order valence-corrected chi connectivity index (χ3v) is 6.26. The van der Waals surface area contributed by atoms with Crippen molar-refractivity contribution in [2.45, 2.75) is 38.5 Å². The van der Waals surface area contributed by atoms with Crippen LogP contribution >= 0.6 is 0 Å². The molecule has 3 N–H and O–H groups in total. The molecule has 172 valence electrons. The first-order valence-corrected chi connectivity index (χ1v) is 11.4. The number of methoxy groups -OCH3 is 1. The zero-order chi connectivity index (χ0) is 23.2. The molecule has 3 aromatic rings. The molecule has 3 aromatic carbocycles. The molecule has 0 atom stereocenters. The molecule has 0 saturated heterocycles. The predicted octanol–water partition coefficient (Wildman–Crippen LogP) is 5.67. The number of amides is 2. The summed E-state index contributed by atoms with van der Waals surface area (Å²) in [7, 11) is 1.41. The lowest BCUT2D eigenvalue weighted by Crippen LogP contribution is -2.19. The average molecular weight is 447 g/mol. The summed E-state index contributed by atoms with van der Waals surface area (Å²) in [6, 6.07) is 17.5.